The van der Waals surface area contributed by atoms with Crippen LogP contribution in [0.4, 0.5) is 0 Å². The monoisotopic (exact) mass is 361 g/mol. The van der Waals surface area contributed by atoms with Gasteiger partial charge < -0.3 is 10.1 Å². The van der Waals surface area contributed by atoms with Gasteiger partial charge in [0.2, 0.25) is 5.91 Å². The number of hydrogen-bond donors (Lipinski definition) is 1. The van der Waals surface area contributed by atoms with Crippen LogP contribution in [0.1, 0.15) is 16.7 Å². The van der Waals surface area contributed by atoms with Crippen LogP contribution in [0.15, 0.2) is 66.7 Å². The molecule has 4 nitrogen and oxygen atoms in total. The SMILES string of the molecule is COC(=O)[C@H](Cc1ccccc1C)NC(=O)Cc1ccc2ccccc2c1. The molecule has 0 aliphatic heterocycles. The van der Waals surface area contributed by atoms with Gasteiger partial charge >= 0.3 is 5.97 Å². The average Bonchev–Trinajstić information content (AvgIpc) is 2.68. The predicted octanol–water partition coefficient (Wildman–Crippen LogP) is 3.59. The number of amides is 1. The van der Waals surface area contributed by atoms with Crippen LogP contribution in [0.25, 0.3) is 10.8 Å². The Morgan fingerprint density at radius 3 is 2.41 bits per heavy atom. The smallest absolute Gasteiger partial charge is 0.328 e. The third-order valence-corrected chi connectivity index (χ3v) is 4.68. The third kappa shape index (κ3) is 4.73. The lowest BCUT2D eigenvalue weighted by molar-refractivity contribution is -0.145. The molecule has 0 aliphatic carbocycles. The lowest BCUT2D eigenvalue weighted by Crippen LogP contribution is -2.43. The molecule has 0 bridgehead atoms. The Morgan fingerprint density at radius 2 is 1.67 bits per heavy atom. The Morgan fingerprint density at radius 1 is 0.963 bits per heavy atom. The van der Waals surface area contributed by atoms with E-state index in [0.29, 0.717) is 6.42 Å². The van der Waals surface area contributed by atoms with E-state index in [2.05, 4.69) is 5.32 Å². The van der Waals surface area contributed by atoms with Crippen LogP contribution in [0, 0.1) is 6.92 Å². The molecule has 3 rings (SSSR count). The van der Waals surface area contributed by atoms with Gasteiger partial charge in [-0.25, -0.2) is 4.79 Å². The molecule has 27 heavy (non-hydrogen) atoms. The van der Waals surface area contributed by atoms with Crippen LogP contribution >= 0.6 is 0 Å². The molecule has 4 heteroatoms. The van der Waals surface area contributed by atoms with Gasteiger partial charge in [-0.05, 0) is 34.4 Å². The van der Waals surface area contributed by atoms with Crippen LogP contribution in [-0.2, 0) is 27.2 Å². The zero-order chi connectivity index (χ0) is 19.2. The Kier molecular flexibility index (Phi) is 5.87. The summed E-state index contributed by atoms with van der Waals surface area (Å²) in [5, 5.41) is 5.05. The van der Waals surface area contributed by atoms with Gasteiger partial charge in [0.05, 0.1) is 13.5 Å². The highest BCUT2D eigenvalue weighted by Crippen LogP contribution is 2.16. The zero-order valence-corrected chi connectivity index (χ0v) is 15.6. The summed E-state index contributed by atoms with van der Waals surface area (Å²) >= 11 is 0. The molecular formula is C23H23NO3. The van der Waals surface area contributed by atoms with Gasteiger partial charge in [0.1, 0.15) is 6.04 Å². The van der Waals surface area contributed by atoms with Crippen LogP contribution in [0.2, 0.25) is 0 Å². The Hall–Kier alpha value is -3.14. The van der Waals surface area contributed by atoms with Gasteiger partial charge in [-0.1, -0.05) is 66.7 Å². The number of aryl methyl sites for hydroxylation is 1. The lowest BCUT2D eigenvalue weighted by atomic mass is 10.0. The molecule has 0 aliphatic rings. The molecule has 138 valence electrons. The Bertz CT molecular complexity index is 965. The lowest BCUT2D eigenvalue weighted by Gasteiger charge is -2.18. The highest BCUT2D eigenvalue weighted by molar-refractivity contribution is 5.88. The van der Waals surface area contributed by atoms with Crippen molar-refractivity contribution >= 4 is 22.6 Å². The average molecular weight is 361 g/mol. The number of rotatable bonds is 6. The van der Waals surface area contributed by atoms with Crippen molar-refractivity contribution in [1.29, 1.82) is 0 Å². The van der Waals surface area contributed by atoms with Gasteiger partial charge in [-0.2, -0.15) is 0 Å². The zero-order valence-electron chi connectivity index (χ0n) is 15.6. The molecule has 0 saturated carbocycles. The molecule has 1 amide bonds. The van der Waals surface area contributed by atoms with E-state index in [1.165, 1.54) is 7.11 Å². The van der Waals surface area contributed by atoms with Crippen LogP contribution < -0.4 is 5.32 Å². The van der Waals surface area contributed by atoms with Crippen molar-refractivity contribution in [3.63, 3.8) is 0 Å². The summed E-state index contributed by atoms with van der Waals surface area (Å²) < 4.78 is 4.88. The first-order valence-corrected chi connectivity index (χ1v) is 8.96. The number of ether oxygens (including phenoxy) is 1. The Balaban J connectivity index is 1.71. The van der Waals surface area contributed by atoms with E-state index in [9.17, 15) is 9.59 Å². The van der Waals surface area contributed by atoms with E-state index in [4.69, 9.17) is 4.74 Å². The summed E-state index contributed by atoms with van der Waals surface area (Å²) in [6, 6.07) is 21.1. The third-order valence-electron chi connectivity index (χ3n) is 4.68. The molecule has 3 aromatic carbocycles. The van der Waals surface area contributed by atoms with Crippen molar-refractivity contribution in [2.24, 2.45) is 0 Å². The van der Waals surface area contributed by atoms with Crippen molar-refractivity contribution in [3.05, 3.63) is 83.4 Å². The van der Waals surface area contributed by atoms with E-state index in [1.807, 2.05) is 73.7 Å². The summed E-state index contributed by atoms with van der Waals surface area (Å²) in [4.78, 5) is 24.7. The van der Waals surface area contributed by atoms with Gasteiger partial charge in [-0.3, -0.25) is 4.79 Å². The van der Waals surface area contributed by atoms with E-state index in [1.54, 1.807) is 0 Å². The minimum Gasteiger partial charge on any atom is -0.467 e. The first-order valence-electron chi connectivity index (χ1n) is 8.96. The number of methoxy groups -OCH3 is 1. The molecule has 0 aromatic heterocycles. The molecule has 0 fully saturated rings. The van der Waals surface area contributed by atoms with Crippen molar-refractivity contribution < 1.29 is 14.3 Å². The second-order valence-corrected chi connectivity index (χ2v) is 6.63. The minimum absolute atomic E-state index is 0.200. The highest BCUT2D eigenvalue weighted by atomic mass is 16.5. The van der Waals surface area contributed by atoms with E-state index in [-0.39, 0.29) is 12.3 Å². The van der Waals surface area contributed by atoms with Gasteiger partial charge in [0.25, 0.3) is 0 Å². The molecule has 0 radical (unpaired) electrons. The second kappa shape index (κ2) is 8.49. The van der Waals surface area contributed by atoms with Crippen molar-refractivity contribution in [2.45, 2.75) is 25.8 Å². The highest BCUT2D eigenvalue weighted by Gasteiger charge is 2.22. The number of carbonyl (C=O) groups excluding carboxylic acids is 2. The number of nitrogens with one attached hydrogen (secondary N) is 1. The van der Waals surface area contributed by atoms with Crippen LogP contribution in [0.5, 0.6) is 0 Å². The normalized spacial score (nSPS) is 11.8. The molecule has 1 atom stereocenters. The maximum atomic E-state index is 12.5. The molecule has 1 N–H and O–H groups in total. The summed E-state index contributed by atoms with van der Waals surface area (Å²) in [7, 11) is 1.34. The maximum Gasteiger partial charge on any atom is 0.328 e. The number of esters is 1. The molecule has 0 spiro atoms. The summed E-state index contributed by atoms with van der Waals surface area (Å²) in [6.45, 7) is 1.99. The van der Waals surface area contributed by atoms with Crippen molar-refractivity contribution in [1.82, 2.24) is 5.32 Å². The topological polar surface area (TPSA) is 55.4 Å². The largest absolute Gasteiger partial charge is 0.467 e. The first-order chi connectivity index (χ1) is 13.1. The van der Waals surface area contributed by atoms with Crippen LogP contribution in [0.3, 0.4) is 0 Å². The molecule has 0 unspecified atom stereocenters. The second-order valence-electron chi connectivity index (χ2n) is 6.63. The fourth-order valence-corrected chi connectivity index (χ4v) is 3.17. The summed E-state index contributed by atoms with van der Waals surface area (Å²) in [5.74, 6) is -0.639. The van der Waals surface area contributed by atoms with E-state index >= 15 is 0 Å². The minimum atomic E-state index is -0.705. The Labute approximate surface area is 159 Å². The van der Waals surface area contributed by atoms with Crippen molar-refractivity contribution in [2.75, 3.05) is 7.11 Å². The molecule has 0 saturated heterocycles. The first kappa shape index (κ1) is 18.6. The van der Waals surface area contributed by atoms with E-state index < -0.39 is 12.0 Å². The standard InChI is InChI=1S/C23H23NO3/c1-16-7-3-4-9-19(16)15-21(23(26)27-2)24-22(25)14-17-11-12-18-8-5-6-10-20(18)13-17/h3-13,21H,14-15H2,1-2H3,(H,24,25)/t21-/m0/s1. The van der Waals surface area contributed by atoms with Gasteiger partial charge in [0, 0.05) is 6.42 Å². The quantitative estimate of drug-likeness (QED) is 0.683. The molecule has 0 heterocycles. The number of fused-ring (bicyclic) bond motifs is 1. The van der Waals surface area contributed by atoms with E-state index in [0.717, 1.165) is 27.5 Å². The predicted molar refractivity (Wildman–Crippen MR) is 106 cm³/mol. The summed E-state index contributed by atoms with van der Waals surface area (Å²) in [5.41, 5.74) is 3.00. The number of benzene rings is 3. The number of hydrogen-bond acceptors (Lipinski definition) is 3. The van der Waals surface area contributed by atoms with Crippen LogP contribution in [-0.4, -0.2) is 25.0 Å². The molecule has 3 aromatic rings. The summed E-state index contributed by atoms with van der Waals surface area (Å²) in [6.07, 6.45) is 0.620. The maximum absolute atomic E-state index is 12.5. The molecular weight excluding hydrogens is 338 g/mol. The van der Waals surface area contributed by atoms with Gasteiger partial charge in [-0.15, -0.1) is 0 Å². The van der Waals surface area contributed by atoms with Crippen molar-refractivity contribution in [3.8, 4) is 0 Å². The van der Waals surface area contributed by atoms with Gasteiger partial charge in [0.15, 0.2) is 0 Å². The fourth-order valence-electron chi connectivity index (χ4n) is 3.17. The fraction of sp³-hybridized carbons (Fsp3) is 0.217. The number of carbonyl (C=O) groups is 2.